The van der Waals surface area contributed by atoms with Crippen LogP contribution in [0.2, 0.25) is 0 Å². The van der Waals surface area contributed by atoms with Crippen molar-refractivity contribution in [2.75, 3.05) is 26.2 Å². The summed E-state index contributed by atoms with van der Waals surface area (Å²) in [6.07, 6.45) is 0.517. The molecule has 5 nitrogen and oxygen atoms in total. The molecule has 1 unspecified atom stereocenters. The topological polar surface area (TPSA) is 61.4 Å². The van der Waals surface area contributed by atoms with Gasteiger partial charge in [-0.2, -0.15) is 0 Å². The number of nitrogens with one attached hydrogen (secondary N) is 2. The van der Waals surface area contributed by atoms with E-state index in [2.05, 4.69) is 10.6 Å². The minimum Gasteiger partial charge on any atom is -0.345 e. The Morgan fingerprint density at radius 2 is 1.94 bits per heavy atom. The van der Waals surface area contributed by atoms with Gasteiger partial charge in [-0.1, -0.05) is 0 Å². The molecule has 2 amide bonds. The second-order valence-electron chi connectivity index (χ2n) is 4.53. The monoisotopic (exact) mass is 241 g/mol. The summed E-state index contributed by atoms with van der Waals surface area (Å²) >= 11 is 0. The number of hydrogen-bond donors (Lipinski definition) is 2. The first kappa shape index (κ1) is 14.0. The number of hydrogen-bond acceptors (Lipinski definition) is 3. The van der Waals surface area contributed by atoms with Crippen molar-refractivity contribution in [1.82, 2.24) is 15.5 Å². The lowest BCUT2D eigenvalue weighted by molar-refractivity contribution is -0.136. The van der Waals surface area contributed by atoms with Gasteiger partial charge in [0.1, 0.15) is 6.04 Å². The molecular formula is C12H23N3O2. The first-order valence-corrected chi connectivity index (χ1v) is 6.37. The van der Waals surface area contributed by atoms with Gasteiger partial charge in [0.25, 0.3) is 0 Å². The van der Waals surface area contributed by atoms with E-state index in [0.29, 0.717) is 25.4 Å². The lowest BCUT2D eigenvalue weighted by Gasteiger charge is -2.28. The minimum atomic E-state index is -0.421. The van der Waals surface area contributed by atoms with E-state index >= 15 is 0 Å². The molecule has 17 heavy (non-hydrogen) atoms. The van der Waals surface area contributed by atoms with Gasteiger partial charge >= 0.3 is 0 Å². The molecule has 0 saturated carbocycles. The number of rotatable bonds is 6. The number of nitrogens with zero attached hydrogens (tertiary/aromatic N) is 1. The SMILES string of the molecule is CCN(CC)C(=O)C(C)NC(=O)CC1CNC1. The van der Waals surface area contributed by atoms with E-state index in [1.165, 1.54) is 0 Å². The van der Waals surface area contributed by atoms with Crippen LogP contribution in [0.4, 0.5) is 0 Å². The summed E-state index contributed by atoms with van der Waals surface area (Å²) in [5.41, 5.74) is 0. The molecule has 1 rings (SSSR count). The van der Waals surface area contributed by atoms with Crippen LogP contribution in [-0.2, 0) is 9.59 Å². The molecule has 98 valence electrons. The lowest BCUT2D eigenvalue weighted by Crippen LogP contribution is -2.49. The van der Waals surface area contributed by atoms with Crippen molar-refractivity contribution < 1.29 is 9.59 Å². The van der Waals surface area contributed by atoms with E-state index in [0.717, 1.165) is 13.1 Å². The summed E-state index contributed by atoms with van der Waals surface area (Å²) in [5.74, 6) is 0.408. The lowest BCUT2D eigenvalue weighted by atomic mass is 9.99. The predicted octanol–water partition coefficient (Wildman–Crippen LogP) is -0.0310. The zero-order chi connectivity index (χ0) is 12.8. The molecule has 1 atom stereocenters. The van der Waals surface area contributed by atoms with Gasteiger partial charge in [0.15, 0.2) is 0 Å². The summed E-state index contributed by atoms with van der Waals surface area (Å²) in [4.78, 5) is 25.3. The van der Waals surface area contributed by atoms with Crippen LogP contribution in [0.5, 0.6) is 0 Å². The molecule has 0 spiro atoms. The van der Waals surface area contributed by atoms with Gasteiger partial charge in [0.2, 0.25) is 11.8 Å². The van der Waals surface area contributed by atoms with Gasteiger partial charge in [0, 0.05) is 19.5 Å². The molecule has 0 aromatic rings. The zero-order valence-corrected chi connectivity index (χ0v) is 11.0. The maximum Gasteiger partial charge on any atom is 0.244 e. The molecular weight excluding hydrogens is 218 g/mol. The molecule has 1 heterocycles. The van der Waals surface area contributed by atoms with Gasteiger partial charge < -0.3 is 15.5 Å². The Kier molecular flexibility index (Phi) is 5.41. The fourth-order valence-electron chi connectivity index (χ4n) is 1.93. The summed E-state index contributed by atoms with van der Waals surface area (Å²) < 4.78 is 0. The van der Waals surface area contributed by atoms with Crippen LogP contribution in [0, 0.1) is 5.92 Å². The summed E-state index contributed by atoms with van der Waals surface area (Å²) in [6.45, 7) is 8.81. The minimum absolute atomic E-state index is 0.00455. The van der Waals surface area contributed by atoms with Crippen LogP contribution in [0.25, 0.3) is 0 Å². The fourth-order valence-corrected chi connectivity index (χ4v) is 1.93. The van der Waals surface area contributed by atoms with E-state index in [1.54, 1.807) is 11.8 Å². The van der Waals surface area contributed by atoms with E-state index in [9.17, 15) is 9.59 Å². The van der Waals surface area contributed by atoms with Crippen LogP contribution < -0.4 is 10.6 Å². The second kappa shape index (κ2) is 6.59. The van der Waals surface area contributed by atoms with Crippen LogP contribution in [0.3, 0.4) is 0 Å². The smallest absolute Gasteiger partial charge is 0.244 e. The molecule has 0 aromatic carbocycles. The number of likely N-dealkylation sites (N-methyl/N-ethyl adjacent to an activating group) is 1. The van der Waals surface area contributed by atoms with Crippen LogP contribution in [-0.4, -0.2) is 48.9 Å². The Morgan fingerprint density at radius 1 is 1.35 bits per heavy atom. The third-order valence-corrected chi connectivity index (χ3v) is 3.16. The van der Waals surface area contributed by atoms with E-state index in [-0.39, 0.29) is 11.8 Å². The molecule has 1 saturated heterocycles. The van der Waals surface area contributed by atoms with Crippen molar-refractivity contribution in [1.29, 1.82) is 0 Å². The van der Waals surface area contributed by atoms with E-state index in [1.807, 2.05) is 13.8 Å². The highest BCUT2D eigenvalue weighted by molar-refractivity contribution is 5.87. The highest BCUT2D eigenvalue weighted by Crippen LogP contribution is 2.08. The van der Waals surface area contributed by atoms with Crippen LogP contribution in [0.1, 0.15) is 27.2 Å². The van der Waals surface area contributed by atoms with E-state index in [4.69, 9.17) is 0 Å². The maximum absolute atomic E-state index is 11.9. The first-order valence-electron chi connectivity index (χ1n) is 6.37. The molecule has 1 aliphatic heterocycles. The molecule has 0 bridgehead atoms. The quantitative estimate of drug-likeness (QED) is 0.686. The summed E-state index contributed by atoms with van der Waals surface area (Å²) in [6, 6.07) is -0.421. The third-order valence-electron chi connectivity index (χ3n) is 3.16. The third kappa shape index (κ3) is 4.00. The van der Waals surface area contributed by atoms with Gasteiger partial charge in [-0.25, -0.2) is 0 Å². The fraction of sp³-hybridized carbons (Fsp3) is 0.833. The normalized spacial score (nSPS) is 17.1. The highest BCUT2D eigenvalue weighted by Gasteiger charge is 2.23. The van der Waals surface area contributed by atoms with Crippen LogP contribution >= 0.6 is 0 Å². The molecule has 0 aliphatic carbocycles. The maximum atomic E-state index is 11.9. The van der Waals surface area contributed by atoms with Gasteiger partial charge in [-0.15, -0.1) is 0 Å². The molecule has 1 fully saturated rings. The van der Waals surface area contributed by atoms with Crippen molar-refractivity contribution >= 4 is 11.8 Å². The van der Waals surface area contributed by atoms with Crippen molar-refractivity contribution in [2.24, 2.45) is 5.92 Å². The molecule has 5 heteroatoms. The van der Waals surface area contributed by atoms with Crippen LogP contribution in [0.15, 0.2) is 0 Å². The Hall–Kier alpha value is -1.10. The molecule has 1 aliphatic rings. The number of carbonyl (C=O) groups excluding carboxylic acids is 2. The molecule has 2 N–H and O–H groups in total. The Labute approximate surface area is 103 Å². The Bertz CT molecular complexity index is 273. The molecule has 0 aromatic heterocycles. The molecule has 0 radical (unpaired) electrons. The zero-order valence-electron chi connectivity index (χ0n) is 11.0. The first-order chi connectivity index (χ1) is 8.08. The van der Waals surface area contributed by atoms with Crippen molar-refractivity contribution in [3.63, 3.8) is 0 Å². The van der Waals surface area contributed by atoms with Crippen molar-refractivity contribution in [3.05, 3.63) is 0 Å². The summed E-state index contributed by atoms with van der Waals surface area (Å²) in [7, 11) is 0. The number of carbonyl (C=O) groups is 2. The highest BCUT2D eigenvalue weighted by atomic mass is 16.2. The average molecular weight is 241 g/mol. The van der Waals surface area contributed by atoms with Crippen molar-refractivity contribution in [2.45, 2.75) is 33.2 Å². The average Bonchev–Trinajstić information content (AvgIpc) is 2.25. The van der Waals surface area contributed by atoms with E-state index < -0.39 is 6.04 Å². The van der Waals surface area contributed by atoms with Gasteiger partial charge in [-0.05, 0) is 39.8 Å². The Morgan fingerprint density at radius 3 is 2.35 bits per heavy atom. The standard InChI is InChI=1S/C12H23N3O2/c1-4-15(5-2)12(17)9(3)14-11(16)6-10-7-13-8-10/h9-10,13H,4-8H2,1-3H3,(H,14,16). The number of amides is 2. The predicted molar refractivity (Wildman–Crippen MR) is 66.5 cm³/mol. The van der Waals surface area contributed by atoms with Gasteiger partial charge in [-0.3, -0.25) is 9.59 Å². The second-order valence-corrected chi connectivity index (χ2v) is 4.53. The Balaban J connectivity index is 2.33. The van der Waals surface area contributed by atoms with Crippen molar-refractivity contribution in [3.8, 4) is 0 Å². The van der Waals surface area contributed by atoms with Gasteiger partial charge in [0.05, 0.1) is 0 Å². The largest absolute Gasteiger partial charge is 0.345 e. The summed E-state index contributed by atoms with van der Waals surface area (Å²) in [5, 5.41) is 5.89.